The predicted molar refractivity (Wildman–Crippen MR) is 111 cm³/mol. The molecule has 2 N–H and O–H groups in total. The summed E-state index contributed by atoms with van der Waals surface area (Å²) in [6.45, 7) is 7.76. The van der Waals surface area contributed by atoms with E-state index in [2.05, 4.69) is 10.6 Å². The third kappa shape index (κ3) is 4.91. The SMILES string of the molecule is CCCN(C(=O)CNC(C)=O)C1(C(=O)Nc2c(C)cccc2C)CCCCC1. The van der Waals surface area contributed by atoms with E-state index in [9.17, 15) is 14.4 Å². The number of nitrogens with zero attached hydrogens (tertiary/aromatic N) is 1. The van der Waals surface area contributed by atoms with E-state index in [-0.39, 0.29) is 24.3 Å². The smallest absolute Gasteiger partial charge is 0.250 e. The van der Waals surface area contributed by atoms with E-state index >= 15 is 0 Å². The highest BCUT2D eigenvalue weighted by Gasteiger charge is 2.46. The van der Waals surface area contributed by atoms with E-state index in [1.807, 2.05) is 39.0 Å². The van der Waals surface area contributed by atoms with E-state index < -0.39 is 5.54 Å². The van der Waals surface area contributed by atoms with Crippen LogP contribution in [0.5, 0.6) is 0 Å². The maximum atomic E-state index is 13.6. The summed E-state index contributed by atoms with van der Waals surface area (Å²) in [4.78, 5) is 39.5. The summed E-state index contributed by atoms with van der Waals surface area (Å²) in [6.07, 6.45) is 4.94. The number of benzene rings is 1. The molecule has 6 heteroatoms. The third-order valence-corrected chi connectivity index (χ3v) is 5.58. The molecule has 0 radical (unpaired) electrons. The minimum absolute atomic E-state index is 0.0756. The Bertz CT molecular complexity index is 703. The molecule has 1 aliphatic carbocycles. The molecule has 1 aromatic rings. The number of anilines is 1. The molecule has 6 nitrogen and oxygen atoms in total. The van der Waals surface area contributed by atoms with Gasteiger partial charge >= 0.3 is 0 Å². The third-order valence-electron chi connectivity index (χ3n) is 5.58. The molecular weight excluding hydrogens is 354 g/mol. The predicted octanol–water partition coefficient (Wildman–Crippen LogP) is 3.32. The molecule has 0 heterocycles. The zero-order chi connectivity index (χ0) is 20.7. The molecule has 154 valence electrons. The standard InChI is InChI=1S/C22H33N3O3/c1-5-14-25(19(27)15-23-18(4)26)22(12-7-6-8-13-22)21(28)24-20-16(2)10-9-11-17(20)3/h9-11H,5-8,12-15H2,1-4H3,(H,23,26)(H,24,28). The summed E-state index contributed by atoms with van der Waals surface area (Å²) in [7, 11) is 0. The van der Waals surface area contributed by atoms with E-state index in [4.69, 9.17) is 0 Å². The Kier molecular flexibility index (Phi) is 7.61. The number of carbonyl (C=O) groups is 3. The molecule has 1 aliphatic rings. The lowest BCUT2D eigenvalue weighted by Gasteiger charge is -2.45. The molecular formula is C22H33N3O3. The summed E-state index contributed by atoms with van der Waals surface area (Å²) < 4.78 is 0. The Labute approximate surface area is 168 Å². The van der Waals surface area contributed by atoms with Crippen molar-refractivity contribution in [2.24, 2.45) is 0 Å². The summed E-state index contributed by atoms with van der Waals surface area (Å²) in [5.41, 5.74) is 1.97. The van der Waals surface area contributed by atoms with Gasteiger partial charge in [0.2, 0.25) is 17.7 Å². The molecule has 0 atom stereocenters. The Morgan fingerprint density at radius 3 is 2.21 bits per heavy atom. The van der Waals surface area contributed by atoms with Crippen LogP contribution in [-0.4, -0.2) is 41.2 Å². The highest BCUT2D eigenvalue weighted by molar-refractivity contribution is 6.02. The molecule has 0 bridgehead atoms. The van der Waals surface area contributed by atoms with Gasteiger partial charge in [0.05, 0.1) is 6.54 Å². The Morgan fingerprint density at radius 2 is 1.68 bits per heavy atom. The van der Waals surface area contributed by atoms with Gasteiger partial charge in [-0.2, -0.15) is 0 Å². The van der Waals surface area contributed by atoms with Gasteiger partial charge in [-0.25, -0.2) is 0 Å². The molecule has 28 heavy (non-hydrogen) atoms. The van der Waals surface area contributed by atoms with E-state index in [0.717, 1.165) is 42.5 Å². The molecule has 2 rings (SSSR count). The van der Waals surface area contributed by atoms with Crippen molar-refractivity contribution in [3.8, 4) is 0 Å². The number of amides is 3. The lowest BCUT2D eigenvalue weighted by Crippen LogP contribution is -2.61. The van der Waals surface area contributed by atoms with Crippen LogP contribution in [0.2, 0.25) is 0 Å². The second kappa shape index (κ2) is 9.71. The van der Waals surface area contributed by atoms with Crippen molar-refractivity contribution in [2.45, 2.75) is 71.8 Å². The zero-order valence-electron chi connectivity index (χ0n) is 17.6. The lowest BCUT2D eigenvalue weighted by molar-refractivity contribution is -0.147. The lowest BCUT2D eigenvalue weighted by atomic mass is 9.79. The summed E-state index contributed by atoms with van der Waals surface area (Å²) >= 11 is 0. The van der Waals surface area contributed by atoms with Crippen LogP contribution in [0.25, 0.3) is 0 Å². The van der Waals surface area contributed by atoms with E-state index in [1.165, 1.54) is 6.92 Å². The summed E-state index contributed by atoms with van der Waals surface area (Å²) in [5, 5.41) is 5.71. The molecule has 0 saturated heterocycles. The van der Waals surface area contributed by atoms with Crippen molar-refractivity contribution >= 4 is 23.4 Å². The van der Waals surface area contributed by atoms with E-state index in [1.54, 1.807) is 4.90 Å². The minimum atomic E-state index is -0.863. The number of carbonyl (C=O) groups excluding carboxylic acids is 3. The fraction of sp³-hybridized carbons (Fsp3) is 0.591. The van der Waals surface area contributed by atoms with Crippen LogP contribution in [-0.2, 0) is 14.4 Å². The highest BCUT2D eigenvalue weighted by atomic mass is 16.2. The van der Waals surface area contributed by atoms with Crippen LogP contribution in [0.4, 0.5) is 5.69 Å². The van der Waals surface area contributed by atoms with Gasteiger partial charge in [0, 0.05) is 19.2 Å². The van der Waals surface area contributed by atoms with Gasteiger partial charge in [-0.15, -0.1) is 0 Å². The number of aryl methyl sites for hydroxylation is 2. The van der Waals surface area contributed by atoms with Gasteiger partial charge in [-0.05, 0) is 44.2 Å². The van der Waals surface area contributed by atoms with Crippen LogP contribution >= 0.6 is 0 Å². The molecule has 0 aliphatic heterocycles. The molecule has 0 spiro atoms. The summed E-state index contributed by atoms with van der Waals surface area (Å²) in [5.74, 6) is -0.563. The van der Waals surface area contributed by atoms with Crippen LogP contribution in [0, 0.1) is 13.8 Å². The normalized spacial score (nSPS) is 15.6. The van der Waals surface area contributed by atoms with Gasteiger partial charge in [0.1, 0.15) is 5.54 Å². The molecule has 1 saturated carbocycles. The average Bonchev–Trinajstić information content (AvgIpc) is 2.67. The van der Waals surface area contributed by atoms with Gasteiger partial charge in [-0.3, -0.25) is 14.4 Å². The topological polar surface area (TPSA) is 78.5 Å². The van der Waals surface area contributed by atoms with Gasteiger partial charge in [-0.1, -0.05) is 44.4 Å². The Balaban J connectivity index is 2.35. The van der Waals surface area contributed by atoms with Gasteiger partial charge < -0.3 is 15.5 Å². The van der Waals surface area contributed by atoms with Crippen LogP contribution in [0.3, 0.4) is 0 Å². The number of hydrogen-bond donors (Lipinski definition) is 2. The molecule has 0 aromatic heterocycles. The van der Waals surface area contributed by atoms with Crippen LogP contribution in [0.1, 0.15) is 63.5 Å². The number of nitrogens with one attached hydrogen (secondary N) is 2. The molecule has 3 amide bonds. The number of hydrogen-bond acceptors (Lipinski definition) is 3. The maximum absolute atomic E-state index is 13.6. The quantitative estimate of drug-likeness (QED) is 0.753. The van der Waals surface area contributed by atoms with Crippen LogP contribution in [0.15, 0.2) is 18.2 Å². The van der Waals surface area contributed by atoms with Crippen molar-refractivity contribution in [3.63, 3.8) is 0 Å². The minimum Gasteiger partial charge on any atom is -0.347 e. The first-order valence-corrected chi connectivity index (χ1v) is 10.2. The van der Waals surface area contributed by atoms with Crippen molar-refractivity contribution in [1.29, 1.82) is 0 Å². The monoisotopic (exact) mass is 387 g/mol. The maximum Gasteiger partial charge on any atom is 0.250 e. The Hall–Kier alpha value is -2.37. The van der Waals surface area contributed by atoms with Crippen molar-refractivity contribution in [1.82, 2.24) is 10.2 Å². The fourth-order valence-corrected chi connectivity index (χ4v) is 4.09. The molecule has 1 fully saturated rings. The second-order valence-electron chi connectivity index (χ2n) is 7.77. The van der Waals surface area contributed by atoms with E-state index in [0.29, 0.717) is 19.4 Å². The van der Waals surface area contributed by atoms with Gasteiger partial charge in [0.25, 0.3) is 0 Å². The molecule has 0 unspecified atom stereocenters. The Morgan fingerprint density at radius 1 is 1.07 bits per heavy atom. The van der Waals surface area contributed by atoms with Crippen LogP contribution < -0.4 is 10.6 Å². The highest BCUT2D eigenvalue weighted by Crippen LogP contribution is 2.36. The van der Waals surface area contributed by atoms with Crippen molar-refractivity contribution < 1.29 is 14.4 Å². The number of para-hydroxylation sites is 1. The molecule has 1 aromatic carbocycles. The van der Waals surface area contributed by atoms with Crippen molar-refractivity contribution in [2.75, 3.05) is 18.4 Å². The fourth-order valence-electron chi connectivity index (χ4n) is 4.09. The zero-order valence-corrected chi connectivity index (χ0v) is 17.6. The van der Waals surface area contributed by atoms with Crippen molar-refractivity contribution in [3.05, 3.63) is 29.3 Å². The number of rotatable bonds is 7. The first kappa shape index (κ1) is 21.9. The first-order valence-electron chi connectivity index (χ1n) is 10.2. The largest absolute Gasteiger partial charge is 0.347 e. The summed E-state index contributed by atoms with van der Waals surface area (Å²) in [6, 6.07) is 5.92. The average molecular weight is 388 g/mol. The first-order chi connectivity index (χ1) is 13.3. The van der Waals surface area contributed by atoms with Gasteiger partial charge in [0.15, 0.2) is 0 Å². The second-order valence-corrected chi connectivity index (χ2v) is 7.77.